The van der Waals surface area contributed by atoms with E-state index in [1.807, 2.05) is 6.92 Å². The van der Waals surface area contributed by atoms with Crippen LogP contribution in [0.25, 0.3) is 0 Å². The Kier molecular flexibility index (Phi) is 5.88. The fraction of sp³-hybridized carbons (Fsp3) is 0.917. The zero-order chi connectivity index (χ0) is 12.8. The van der Waals surface area contributed by atoms with Gasteiger partial charge in [0.15, 0.2) is 0 Å². The predicted molar refractivity (Wildman–Crippen MR) is 69.3 cm³/mol. The van der Waals surface area contributed by atoms with Gasteiger partial charge in [-0.1, -0.05) is 13.8 Å². The molecule has 0 aromatic rings. The number of hydrazine groups is 1. The van der Waals surface area contributed by atoms with E-state index in [2.05, 4.69) is 29.2 Å². The summed E-state index contributed by atoms with van der Waals surface area (Å²) in [7, 11) is 2.08. The lowest BCUT2D eigenvalue weighted by molar-refractivity contribution is -0.125. The lowest BCUT2D eigenvalue weighted by Gasteiger charge is -2.28. The molecule has 0 spiro atoms. The minimum atomic E-state index is -0.0874. The van der Waals surface area contributed by atoms with E-state index in [9.17, 15) is 4.79 Å². The molecule has 1 saturated heterocycles. The highest BCUT2D eigenvalue weighted by atomic mass is 16.2. The number of likely N-dealkylation sites (N-methyl/N-ethyl adjacent to an activating group) is 2. The largest absolute Gasteiger partial charge is 0.304 e. The third-order valence-corrected chi connectivity index (χ3v) is 3.60. The van der Waals surface area contributed by atoms with Gasteiger partial charge in [-0.25, -0.2) is 5.84 Å². The molecule has 0 saturated carbocycles. The van der Waals surface area contributed by atoms with E-state index in [0.29, 0.717) is 6.04 Å². The lowest BCUT2D eigenvalue weighted by Crippen LogP contribution is -2.43. The van der Waals surface area contributed by atoms with E-state index >= 15 is 0 Å². The first kappa shape index (κ1) is 14.4. The number of nitrogens with two attached hydrogens (primary N) is 1. The van der Waals surface area contributed by atoms with E-state index < -0.39 is 0 Å². The lowest BCUT2D eigenvalue weighted by atomic mass is 10.1. The van der Waals surface area contributed by atoms with Crippen LogP contribution in [0, 0.1) is 5.92 Å². The average molecular weight is 242 g/mol. The van der Waals surface area contributed by atoms with Gasteiger partial charge in [0, 0.05) is 25.0 Å². The quantitative estimate of drug-likeness (QED) is 0.392. The molecular formula is C12H26N4O. The summed E-state index contributed by atoms with van der Waals surface area (Å²) in [6.07, 6.45) is 2.57. The van der Waals surface area contributed by atoms with Crippen LogP contribution in [0.15, 0.2) is 0 Å². The smallest absolute Gasteiger partial charge is 0.237 e. The van der Waals surface area contributed by atoms with Crippen LogP contribution in [-0.2, 0) is 4.79 Å². The van der Waals surface area contributed by atoms with Crippen molar-refractivity contribution in [2.75, 3.05) is 33.2 Å². The van der Waals surface area contributed by atoms with Gasteiger partial charge < -0.3 is 4.90 Å². The molecule has 1 fully saturated rings. The number of carbonyl (C=O) groups excluding carboxylic acids is 1. The average Bonchev–Trinajstić information content (AvgIpc) is 2.74. The summed E-state index contributed by atoms with van der Waals surface area (Å²) >= 11 is 0. The fourth-order valence-corrected chi connectivity index (χ4v) is 2.65. The van der Waals surface area contributed by atoms with Crippen molar-refractivity contribution in [2.45, 2.75) is 32.7 Å². The molecular weight excluding hydrogens is 216 g/mol. The summed E-state index contributed by atoms with van der Waals surface area (Å²) in [5.74, 6) is 4.99. The van der Waals surface area contributed by atoms with Gasteiger partial charge in [0.2, 0.25) is 5.91 Å². The summed E-state index contributed by atoms with van der Waals surface area (Å²) in [6, 6.07) is 0.651. The number of nitrogens with zero attached hydrogens (tertiary/aromatic N) is 2. The van der Waals surface area contributed by atoms with Gasteiger partial charge in [0.25, 0.3) is 0 Å². The van der Waals surface area contributed by atoms with Gasteiger partial charge in [-0.15, -0.1) is 0 Å². The molecule has 5 heteroatoms. The van der Waals surface area contributed by atoms with Crippen LogP contribution < -0.4 is 11.3 Å². The van der Waals surface area contributed by atoms with Gasteiger partial charge in [0.1, 0.15) is 0 Å². The molecule has 2 atom stereocenters. The maximum atomic E-state index is 11.3. The van der Waals surface area contributed by atoms with Crippen molar-refractivity contribution >= 4 is 5.91 Å². The first-order valence-corrected chi connectivity index (χ1v) is 6.51. The summed E-state index contributed by atoms with van der Waals surface area (Å²) in [4.78, 5) is 16.1. The molecule has 1 amide bonds. The van der Waals surface area contributed by atoms with Gasteiger partial charge in [0.05, 0.1) is 0 Å². The van der Waals surface area contributed by atoms with E-state index in [1.165, 1.54) is 19.4 Å². The Morgan fingerprint density at radius 2 is 2.35 bits per heavy atom. The standard InChI is InChI=1S/C12H26N4O/c1-4-16-7-5-6-11(16)9-15(3)8-10(2)12(17)14-13/h10-11H,4-9,13H2,1-3H3,(H,14,17). The Hall–Kier alpha value is -0.650. The minimum Gasteiger partial charge on any atom is -0.304 e. The summed E-state index contributed by atoms with van der Waals surface area (Å²) < 4.78 is 0. The fourth-order valence-electron chi connectivity index (χ4n) is 2.65. The highest BCUT2D eigenvalue weighted by molar-refractivity contribution is 5.77. The highest BCUT2D eigenvalue weighted by Crippen LogP contribution is 2.17. The van der Waals surface area contributed by atoms with Crippen LogP contribution in [0.3, 0.4) is 0 Å². The number of rotatable bonds is 6. The second kappa shape index (κ2) is 6.93. The second-order valence-corrected chi connectivity index (χ2v) is 5.06. The van der Waals surface area contributed by atoms with E-state index in [4.69, 9.17) is 5.84 Å². The van der Waals surface area contributed by atoms with Crippen molar-refractivity contribution < 1.29 is 4.79 Å². The number of nitrogens with one attached hydrogen (secondary N) is 1. The maximum Gasteiger partial charge on any atom is 0.237 e. The molecule has 1 aliphatic rings. The van der Waals surface area contributed by atoms with Crippen LogP contribution in [0.2, 0.25) is 0 Å². The molecule has 1 rings (SSSR count). The Balaban J connectivity index is 2.33. The molecule has 1 heterocycles. The van der Waals surface area contributed by atoms with Crippen molar-refractivity contribution in [3.8, 4) is 0 Å². The van der Waals surface area contributed by atoms with Crippen molar-refractivity contribution in [1.29, 1.82) is 0 Å². The number of hydrogen-bond acceptors (Lipinski definition) is 4. The molecule has 0 aromatic carbocycles. The van der Waals surface area contributed by atoms with Gasteiger partial charge in [-0.2, -0.15) is 0 Å². The van der Waals surface area contributed by atoms with Crippen molar-refractivity contribution in [3.63, 3.8) is 0 Å². The first-order chi connectivity index (χ1) is 8.08. The molecule has 5 nitrogen and oxygen atoms in total. The topological polar surface area (TPSA) is 61.6 Å². The summed E-state index contributed by atoms with van der Waals surface area (Å²) in [5, 5.41) is 0. The van der Waals surface area contributed by atoms with Crippen molar-refractivity contribution in [3.05, 3.63) is 0 Å². The molecule has 17 heavy (non-hydrogen) atoms. The normalized spacial score (nSPS) is 23.0. The Morgan fingerprint density at radius 3 is 2.94 bits per heavy atom. The number of hydrogen-bond donors (Lipinski definition) is 2. The van der Waals surface area contributed by atoms with Crippen LogP contribution in [0.5, 0.6) is 0 Å². The Morgan fingerprint density at radius 1 is 1.65 bits per heavy atom. The zero-order valence-electron chi connectivity index (χ0n) is 11.3. The predicted octanol–water partition coefficient (Wildman–Crippen LogP) is 0.0285. The number of likely N-dealkylation sites (tertiary alicyclic amines) is 1. The third-order valence-electron chi connectivity index (χ3n) is 3.60. The Bertz CT molecular complexity index is 247. The van der Waals surface area contributed by atoms with Crippen LogP contribution in [0.4, 0.5) is 0 Å². The van der Waals surface area contributed by atoms with Crippen LogP contribution in [0.1, 0.15) is 26.7 Å². The number of carbonyl (C=O) groups is 1. The molecule has 0 bridgehead atoms. The van der Waals surface area contributed by atoms with Crippen molar-refractivity contribution in [2.24, 2.45) is 11.8 Å². The van der Waals surface area contributed by atoms with Crippen LogP contribution in [-0.4, -0.2) is 55.0 Å². The maximum absolute atomic E-state index is 11.3. The van der Waals surface area contributed by atoms with Crippen molar-refractivity contribution in [1.82, 2.24) is 15.2 Å². The minimum absolute atomic E-state index is 0.0542. The van der Waals surface area contributed by atoms with Gasteiger partial charge in [-0.3, -0.25) is 15.1 Å². The van der Waals surface area contributed by atoms with Gasteiger partial charge >= 0.3 is 0 Å². The van der Waals surface area contributed by atoms with E-state index in [-0.39, 0.29) is 11.8 Å². The first-order valence-electron chi connectivity index (χ1n) is 6.51. The monoisotopic (exact) mass is 242 g/mol. The van der Waals surface area contributed by atoms with E-state index in [0.717, 1.165) is 19.6 Å². The SMILES string of the molecule is CCN1CCCC1CN(C)CC(C)C(=O)NN. The molecule has 0 radical (unpaired) electrons. The molecule has 2 unspecified atom stereocenters. The molecule has 1 aliphatic heterocycles. The number of amides is 1. The molecule has 100 valence electrons. The molecule has 0 aliphatic carbocycles. The highest BCUT2D eigenvalue weighted by Gasteiger charge is 2.25. The Labute approximate surface area is 104 Å². The summed E-state index contributed by atoms with van der Waals surface area (Å²) in [5.41, 5.74) is 2.21. The third kappa shape index (κ3) is 4.26. The molecule has 0 aromatic heterocycles. The second-order valence-electron chi connectivity index (χ2n) is 5.06. The van der Waals surface area contributed by atoms with Crippen LogP contribution >= 0.6 is 0 Å². The summed E-state index contributed by atoms with van der Waals surface area (Å²) in [6.45, 7) is 8.26. The van der Waals surface area contributed by atoms with Gasteiger partial charge in [-0.05, 0) is 33.0 Å². The molecule has 3 N–H and O–H groups in total. The zero-order valence-corrected chi connectivity index (χ0v) is 11.3. The van der Waals surface area contributed by atoms with E-state index in [1.54, 1.807) is 0 Å².